The summed E-state index contributed by atoms with van der Waals surface area (Å²) < 4.78 is 0. The van der Waals surface area contributed by atoms with Crippen LogP contribution in [0.3, 0.4) is 0 Å². The molecule has 0 aliphatic carbocycles. The number of oxime groups is 1. The summed E-state index contributed by atoms with van der Waals surface area (Å²) in [5.74, 6) is 4.86. The lowest BCUT2D eigenvalue weighted by Gasteiger charge is -2.06. The van der Waals surface area contributed by atoms with Gasteiger partial charge in [-0.2, -0.15) is 0 Å². The quantitative estimate of drug-likeness (QED) is 0.483. The lowest BCUT2D eigenvalue weighted by molar-refractivity contribution is -0.384. The SMILES string of the molecule is C/C(CC(=N)c1ccc(-c2ccc([N+](=O)[O-])cc2)cc1)=N\ON. The lowest BCUT2D eigenvalue weighted by Crippen LogP contribution is -2.07. The number of nitro benzene ring substituents is 1. The second-order valence-electron chi connectivity index (χ2n) is 4.97. The van der Waals surface area contributed by atoms with Gasteiger partial charge in [-0.05, 0) is 35.7 Å². The summed E-state index contributed by atoms with van der Waals surface area (Å²) in [4.78, 5) is 14.4. The normalized spacial score (nSPS) is 11.1. The smallest absolute Gasteiger partial charge is 0.269 e. The van der Waals surface area contributed by atoms with Crippen molar-refractivity contribution in [3.63, 3.8) is 0 Å². The molecule has 0 aromatic heterocycles. The van der Waals surface area contributed by atoms with Gasteiger partial charge in [-0.15, -0.1) is 5.90 Å². The van der Waals surface area contributed by atoms with E-state index in [1.807, 2.05) is 24.3 Å². The second-order valence-corrected chi connectivity index (χ2v) is 4.97. The van der Waals surface area contributed by atoms with Crippen LogP contribution in [0.5, 0.6) is 0 Å². The number of nitro groups is 1. The molecule has 0 saturated carbocycles. The summed E-state index contributed by atoms with van der Waals surface area (Å²) in [5, 5.41) is 22.3. The third kappa shape index (κ3) is 4.21. The van der Waals surface area contributed by atoms with Crippen LogP contribution in [0.4, 0.5) is 5.69 Å². The minimum Gasteiger partial charge on any atom is -0.304 e. The summed E-state index contributed by atoms with van der Waals surface area (Å²) in [5.41, 5.74) is 3.64. The average Bonchev–Trinajstić information content (AvgIpc) is 2.55. The van der Waals surface area contributed by atoms with Gasteiger partial charge in [0.05, 0.1) is 10.6 Å². The molecule has 0 aliphatic heterocycles. The van der Waals surface area contributed by atoms with E-state index in [0.717, 1.165) is 16.7 Å². The Hall–Kier alpha value is -3.06. The van der Waals surface area contributed by atoms with Crippen LogP contribution >= 0.6 is 0 Å². The topological polar surface area (TPSA) is 115 Å². The first-order valence-corrected chi connectivity index (χ1v) is 6.83. The predicted molar refractivity (Wildman–Crippen MR) is 88.4 cm³/mol. The number of rotatable bonds is 6. The van der Waals surface area contributed by atoms with Crippen molar-refractivity contribution >= 4 is 17.1 Å². The van der Waals surface area contributed by atoms with Gasteiger partial charge >= 0.3 is 0 Å². The third-order valence-electron chi connectivity index (χ3n) is 3.29. The van der Waals surface area contributed by atoms with Gasteiger partial charge in [-0.3, -0.25) is 10.1 Å². The van der Waals surface area contributed by atoms with Crippen LogP contribution in [0.1, 0.15) is 18.9 Å². The van der Waals surface area contributed by atoms with Crippen molar-refractivity contribution in [2.45, 2.75) is 13.3 Å². The zero-order chi connectivity index (χ0) is 16.8. The van der Waals surface area contributed by atoms with Gasteiger partial charge in [0.2, 0.25) is 0 Å². The Balaban J connectivity index is 2.14. The molecule has 0 amide bonds. The van der Waals surface area contributed by atoms with Crippen molar-refractivity contribution < 1.29 is 9.86 Å². The molecule has 23 heavy (non-hydrogen) atoms. The van der Waals surface area contributed by atoms with E-state index >= 15 is 0 Å². The van der Waals surface area contributed by atoms with Crippen molar-refractivity contribution in [2.75, 3.05) is 0 Å². The Bertz CT molecular complexity index is 737. The first-order chi connectivity index (χ1) is 11.0. The van der Waals surface area contributed by atoms with Crippen LogP contribution in [-0.2, 0) is 4.94 Å². The van der Waals surface area contributed by atoms with Gasteiger partial charge in [0.25, 0.3) is 5.69 Å². The van der Waals surface area contributed by atoms with E-state index < -0.39 is 4.92 Å². The Morgan fingerprint density at radius 3 is 2.17 bits per heavy atom. The van der Waals surface area contributed by atoms with Crippen LogP contribution in [-0.4, -0.2) is 16.3 Å². The molecule has 0 fully saturated rings. The summed E-state index contributed by atoms with van der Waals surface area (Å²) in [7, 11) is 0. The Morgan fingerprint density at radius 2 is 1.70 bits per heavy atom. The number of non-ortho nitro benzene ring substituents is 1. The first kappa shape index (κ1) is 16.3. The highest BCUT2D eigenvalue weighted by molar-refractivity contribution is 6.10. The zero-order valence-electron chi connectivity index (χ0n) is 12.5. The maximum atomic E-state index is 10.7. The standard InChI is InChI=1S/C16H16N4O3/c1-11(19-23-18)10-16(17)14-4-2-12(3-5-14)13-6-8-15(9-7-13)20(21)22/h2-9,17H,10,18H2,1H3/b17-16?,19-11+. The van der Waals surface area contributed by atoms with Crippen LogP contribution in [0.2, 0.25) is 0 Å². The predicted octanol–water partition coefficient (Wildman–Crippen LogP) is 3.29. The molecule has 0 unspecified atom stereocenters. The van der Waals surface area contributed by atoms with Crippen molar-refractivity contribution in [1.82, 2.24) is 0 Å². The number of nitrogens with one attached hydrogen (secondary N) is 1. The highest BCUT2D eigenvalue weighted by Crippen LogP contribution is 2.23. The van der Waals surface area contributed by atoms with Gasteiger partial charge in [-0.1, -0.05) is 29.4 Å². The van der Waals surface area contributed by atoms with Crippen molar-refractivity contribution in [3.05, 3.63) is 64.2 Å². The fourth-order valence-corrected chi connectivity index (χ4v) is 2.12. The summed E-state index contributed by atoms with van der Waals surface area (Å²) >= 11 is 0. The van der Waals surface area contributed by atoms with Crippen molar-refractivity contribution in [3.8, 4) is 11.1 Å². The van der Waals surface area contributed by atoms with Crippen molar-refractivity contribution in [1.29, 1.82) is 5.41 Å². The molecule has 2 rings (SSSR count). The van der Waals surface area contributed by atoms with Gasteiger partial charge in [0.15, 0.2) is 0 Å². The number of hydrogen-bond acceptors (Lipinski definition) is 6. The largest absolute Gasteiger partial charge is 0.304 e. The average molecular weight is 312 g/mol. The molecule has 0 spiro atoms. The fourth-order valence-electron chi connectivity index (χ4n) is 2.12. The molecule has 3 N–H and O–H groups in total. The minimum atomic E-state index is -0.427. The molecule has 2 aromatic rings. The molecule has 7 heteroatoms. The zero-order valence-corrected chi connectivity index (χ0v) is 12.5. The highest BCUT2D eigenvalue weighted by Gasteiger charge is 2.07. The van der Waals surface area contributed by atoms with Crippen LogP contribution in [0, 0.1) is 15.5 Å². The Labute approximate surface area is 133 Å². The summed E-state index contributed by atoms with van der Waals surface area (Å²) in [6, 6.07) is 13.7. The molecule has 0 heterocycles. The van der Waals surface area contributed by atoms with E-state index in [0.29, 0.717) is 17.8 Å². The molecule has 0 bridgehead atoms. The molecule has 2 aromatic carbocycles. The Morgan fingerprint density at radius 1 is 1.17 bits per heavy atom. The fraction of sp³-hybridized carbons (Fsp3) is 0.125. The summed E-state index contributed by atoms with van der Waals surface area (Å²) in [6.45, 7) is 1.73. The van der Waals surface area contributed by atoms with Crippen LogP contribution < -0.4 is 5.90 Å². The van der Waals surface area contributed by atoms with Gasteiger partial charge in [-0.25, -0.2) is 0 Å². The molecule has 118 valence electrons. The van der Waals surface area contributed by atoms with Crippen molar-refractivity contribution in [2.24, 2.45) is 11.1 Å². The minimum absolute atomic E-state index is 0.0593. The molecule has 0 atom stereocenters. The molecule has 0 saturated heterocycles. The first-order valence-electron chi connectivity index (χ1n) is 6.83. The van der Waals surface area contributed by atoms with E-state index in [9.17, 15) is 10.1 Å². The van der Waals surface area contributed by atoms with Crippen LogP contribution in [0.25, 0.3) is 11.1 Å². The number of benzene rings is 2. The van der Waals surface area contributed by atoms with E-state index in [4.69, 9.17) is 11.3 Å². The highest BCUT2D eigenvalue weighted by atomic mass is 16.7. The van der Waals surface area contributed by atoms with Crippen LogP contribution in [0.15, 0.2) is 53.7 Å². The molecule has 7 nitrogen and oxygen atoms in total. The second kappa shape index (κ2) is 7.28. The monoisotopic (exact) mass is 312 g/mol. The van der Waals surface area contributed by atoms with Gasteiger partial charge < -0.3 is 10.3 Å². The number of nitrogens with zero attached hydrogens (tertiary/aromatic N) is 2. The van der Waals surface area contributed by atoms with Gasteiger partial charge in [0.1, 0.15) is 0 Å². The summed E-state index contributed by atoms with van der Waals surface area (Å²) in [6.07, 6.45) is 0.341. The van der Waals surface area contributed by atoms with E-state index in [1.165, 1.54) is 12.1 Å². The molecular formula is C16H16N4O3. The van der Waals surface area contributed by atoms with Gasteiger partial charge in [0, 0.05) is 24.3 Å². The number of hydrogen-bond donors (Lipinski definition) is 2. The maximum Gasteiger partial charge on any atom is 0.269 e. The molecule has 0 radical (unpaired) electrons. The Kier molecular flexibility index (Phi) is 5.16. The molecule has 0 aliphatic rings. The van der Waals surface area contributed by atoms with E-state index in [-0.39, 0.29) is 5.69 Å². The van der Waals surface area contributed by atoms with E-state index in [1.54, 1.807) is 19.1 Å². The maximum absolute atomic E-state index is 10.7. The van der Waals surface area contributed by atoms with E-state index in [2.05, 4.69) is 10.1 Å². The molecular weight excluding hydrogens is 296 g/mol. The third-order valence-corrected chi connectivity index (χ3v) is 3.29. The lowest BCUT2D eigenvalue weighted by atomic mass is 10.00. The number of nitrogens with two attached hydrogens (primary N) is 1.